The first-order chi connectivity index (χ1) is 12.2. The number of nitrogens with one attached hydrogen (secondary N) is 1. The minimum atomic E-state index is 0.576. The Morgan fingerprint density at radius 2 is 1.88 bits per heavy atom. The highest BCUT2D eigenvalue weighted by Crippen LogP contribution is 2.41. The van der Waals surface area contributed by atoms with Crippen LogP contribution in [0.2, 0.25) is 10.0 Å². The minimum absolute atomic E-state index is 0.576. The number of hydrogen-bond acceptors (Lipinski definition) is 2. The molecule has 25 heavy (non-hydrogen) atoms. The Kier molecular flexibility index (Phi) is 4.74. The number of halogens is 2. The molecule has 2 aromatic carbocycles. The Labute approximate surface area is 160 Å². The number of aryl methyl sites for hydroxylation is 1. The smallest absolute Gasteiger partial charge is 0.0833 e. The number of aromatic nitrogens is 1. The molecule has 0 amide bonds. The fraction of sp³-hybridized carbons (Fsp3) is 0.200. The van der Waals surface area contributed by atoms with Crippen molar-refractivity contribution in [2.75, 3.05) is 6.54 Å². The molecule has 0 spiro atoms. The number of unbranched alkanes of at least 4 members (excludes halogenated alkanes) is 1. The fourth-order valence-electron chi connectivity index (χ4n) is 3.28. The maximum absolute atomic E-state index is 6.46. The van der Waals surface area contributed by atoms with Crippen LogP contribution in [0, 0.1) is 0 Å². The van der Waals surface area contributed by atoms with Gasteiger partial charge in [0.15, 0.2) is 0 Å². The van der Waals surface area contributed by atoms with Gasteiger partial charge in [-0.25, -0.2) is 0 Å². The van der Waals surface area contributed by atoms with Crippen molar-refractivity contribution in [1.29, 1.82) is 0 Å². The van der Waals surface area contributed by atoms with Gasteiger partial charge in [-0.1, -0.05) is 47.5 Å². The van der Waals surface area contributed by atoms with Gasteiger partial charge in [-0.3, -0.25) is 0 Å². The average Bonchev–Trinajstić information content (AvgIpc) is 3.20. The van der Waals surface area contributed by atoms with E-state index in [9.17, 15) is 0 Å². The van der Waals surface area contributed by atoms with Crippen LogP contribution in [0.3, 0.4) is 0 Å². The van der Waals surface area contributed by atoms with Gasteiger partial charge in [0.05, 0.1) is 26.1 Å². The zero-order chi connectivity index (χ0) is 17.4. The Morgan fingerprint density at radius 1 is 1.04 bits per heavy atom. The van der Waals surface area contributed by atoms with Gasteiger partial charge in [0.2, 0.25) is 0 Å². The van der Waals surface area contributed by atoms with Crippen molar-refractivity contribution in [2.45, 2.75) is 19.3 Å². The average molecular weight is 389 g/mol. The first kappa shape index (κ1) is 16.9. The molecule has 0 unspecified atom stereocenters. The zero-order valence-corrected chi connectivity index (χ0v) is 15.9. The molecule has 0 saturated carbocycles. The molecule has 5 heteroatoms. The lowest BCUT2D eigenvalue weighted by atomic mass is 10.0. The Hall–Kier alpha value is -1.52. The maximum atomic E-state index is 6.46. The predicted octanol–water partition coefficient (Wildman–Crippen LogP) is 6.64. The van der Waals surface area contributed by atoms with E-state index >= 15 is 0 Å². The van der Waals surface area contributed by atoms with Crippen molar-refractivity contribution in [3.63, 3.8) is 0 Å². The molecule has 0 aliphatic carbocycles. The van der Waals surface area contributed by atoms with Crippen molar-refractivity contribution < 1.29 is 0 Å². The molecular weight excluding hydrogens is 371 g/mol. The summed E-state index contributed by atoms with van der Waals surface area (Å²) < 4.78 is 1.29. The third-order valence-corrected chi connectivity index (χ3v) is 6.46. The molecule has 2 nitrogen and oxygen atoms in total. The van der Waals surface area contributed by atoms with E-state index in [0.29, 0.717) is 16.6 Å². The molecule has 0 radical (unpaired) electrons. The van der Waals surface area contributed by atoms with Crippen LogP contribution < -0.4 is 5.73 Å². The van der Waals surface area contributed by atoms with Crippen molar-refractivity contribution in [1.82, 2.24) is 4.98 Å². The Balaban J connectivity index is 1.91. The topological polar surface area (TPSA) is 41.8 Å². The molecule has 0 aliphatic rings. The molecular formula is C20H18Cl2N2S. The summed E-state index contributed by atoms with van der Waals surface area (Å²) in [6.07, 6.45) is 3.04. The van der Waals surface area contributed by atoms with Gasteiger partial charge in [0.1, 0.15) is 0 Å². The number of fused-ring (bicyclic) bond motifs is 2. The summed E-state index contributed by atoms with van der Waals surface area (Å²) in [5, 5.41) is 3.58. The standard InChI is InChI=1S/C20H18Cl2N2S/c21-15-9-8-14-13(6-3-4-10-23)19(24-20(14)18(15)22)17-11-12-5-1-2-7-16(12)25-17/h1-2,5,7-9,11,24H,3-4,6,10,23H2. The quantitative estimate of drug-likeness (QED) is 0.369. The van der Waals surface area contributed by atoms with Crippen LogP contribution in [0.4, 0.5) is 0 Å². The van der Waals surface area contributed by atoms with Crippen LogP contribution in [-0.2, 0) is 6.42 Å². The van der Waals surface area contributed by atoms with Gasteiger partial charge < -0.3 is 10.7 Å². The van der Waals surface area contributed by atoms with E-state index in [-0.39, 0.29) is 0 Å². The van der Waals surface area contributed by atoms with E-state index in [1.807, 2.05) is 6.07 Å². The van der Waals surface area contributed by atoms with Crippen LogP contribution in [0.15, 0.2) is 42.5 Å². The third kappa shape index (κ3) is 3.06. The summed E-state index contributed by atoms with van der Waals surface area (Å²) in [5.74, 6) is 0. The molecule has 2 aromatic heterocycles. The molecule has 128 valence electrons. The van der Waals surface area contributed by atoms with Crippen molar-refractivity contribution in [2.24, 2.45) is 5.73 Å². The molecule has 3 N–H and O–H groups in total. The predicted molar refractivity (Wildman–Crippen MR) is 111 cm³/mol. The minimum Gasteiger partial charge on any atom is -0.352 e. The van der Waals surface area contributed by atoms with Crippen LogP contribution in [0.25, 0.3) is 31.6 Å². The van der Waals surface area contributed by atoms with Crippen molar-refractivity contribution in [3.8, 4) is 10.6 Å². The lowest BCUT2D eigenvalue weighted by Crippen LogP contribution is -1.99. The summed E-state index contributed by atoms with van der Waals surface area (Å²) in [6, 6.07) is 14.6. The number of rotatable bonds is 5. The van der Waals surface area contributed by atoms with Gasteiger partial charge in [0, 0.05) is 10.1 Å². The summed E-state index contributed by atoms with van der Waals surface area (Å²) in [4.78, 5) is 4.77. The fourth-order valence-corrected chi connectivity index (χ4v) is 4.74. The lowest BCUT2D eigenvalue weighted by Gasteiger charge is -2.03. The highest BCUT2D eigenvalue weighted by molar-refractivity contribution is 7.22. The first-order valence-electron chi connectivity index (χ1n) is 8.36. The second kappa shape index (κ2) is 7.00. The molecule has 2 heterocycles. The van der Waals surface area contributed by atoms with Crippen LogP contribution >= 0.6 is 34.5 Å². The monoisotopic (exact) mass is 388 g/mol. The number of H-pyrrole nitrogens is 1. The number of nitrogens with two attached hydrogens (primary N) is 1. The summed E-state index contributed by atoms with van der Waals surface area (Å²) >= 11 is 14.5. The summed E-state index contributed by atoms with van der Waals surface area (Å²) in [7, 11) is 0. The van der Waals surface area contributed by atoms with E-state index in [1.165, 1.54) is 20.5 Å². The van der Waals surface area contributed by atoms with E-state index in [0.717, 1.165) is 35.9 Å². The van der Waals surface area contributed by atoms with E-state index in [2.05, 4.69) is 41.4 Å². The molecule has 0 atom stereocenters. The molecule has 4 aromatic rings. The van der Waals surface area contributed by atoms with Gasteiger partial charge in [-0.2, -0.15) is 0 Å². The van der Waals surface area contributed by atoms with Crippen LogP contribution in [0.5, 0.6) is 0 Å². The number of aromatic amines is 1. The zero-order valence-electron chi connectivity index (χ0n) is 13.6. The first-order valence-corrected chi connectivity index (χ1v) is 9.94. The maximum Gasteiger partial charge on any atom is 0.0833 e. The second-order valence-electron chi connectivity index (χ2n) is 6.16. The van der Waals surface area contributed by atoms with Gasteiger partial charge in [-0.15, -0.1) is 11.3 Å². The molecule has 0 saturated heterocycles. The van der Waals surface area contributed by atoms with Gasteiger partial charge in [0.25, 0.3) is 0 Å². The van der Waals surface area contributed by atoms with Gasteiger partial charge in [-0.05, 0) is 55.0 Å². The van der Waals surface area contributed by atoms with Crippen molar-refractivity contribution in [3.05, 3.63) is 58.1 Å². The van der Waals surface area contributed by atoms with E-state index in [4.69, 9.17) is 28.9 Å². The van der Waals surface area contributed by atoms with Gasteiger partial charge >= 0.3 is 0 Å². The SMILES string of the molecule is NCCCCc1c(-c2cc3ccccc3s2)[nH]c2c(Cl)c(Cl)ccc12. The molecule has 0 bridgehead atoms. The Bertz CT molecular complexity index is 1020. The second-order valence-corrected chi connectivity index (χ2v) is 8.03. The highest BCUT2D eigenvalue weighted by atomic mass is 35.5. The third-order valence-electron chi connectivity index (χ3n) is 4.52. The number of thiophene rings is 1. The van der Waals surface area contributed by atoms with Crippen molar-refractivity contribution >= 4 is 55.5 Å². The Morgan fingerprint density at radius 3 is 2.68 bits per heavy atom. The largest absolute Gasteiger partial charge is 0.352 e. The highest BCUT2D eigenvalue weighted by Gasteiger charge is 2.17. The summed E-state index contributed by atoms with van der Waals surface area (Å²) in [5.41, 5.74) is 9.05. The van der Waals surface area contributed by atoms with Crippen LogP contribution in [-0.4, -0.2) is 11.5 Å². The molecule has 0 fully saturated rings. The normalized spacial score (nSPS) is 11.6. The van der Waals surface area contributed by atoms with E-state index in [1.54, 1.807) is 11.3 Å². The van der Waals surface area contributed by atoms with E-state index < -0.39 is 0 Å². The summed E-state index contributed by atoms with van der Waals surface area (Å²) in [6.45, 7) is 0.715. The van der Waals surface area contributed by atoms with Crippen LogP contribution in [0.1, 0.15) is 18.4 Å². The molecule has 0 aliphatic heterocycles. The number of benzene rings is 2. The lowest BCUT2D eigenvalue weighted by molar-refractivity contribution is 0.748. The number of hydrogen-bond donors (Lipinski definition) is 2. The molecule has 4 rings (SSSR count).